The van der Waals surface area contributed by atoms with Crippen LogP contribution in [0.3, 0.4) is 0 Å². The van der Waals surface area contributed by atoms with E-state index in [1.807, 2.05) is 6.92 Å². The summed E-state index contributed by atoms with van der Waals surface area (Å²) >= 11 is 0. The molecule has 0 amide bonds. The molecule has 3 nitrogen and oxygen atoms in total. The molecule has 0 aliphatic heterocycles. The van der Waals surface area contributed by atoms with Crippen LogP contribution in [0.2, 0.25) is 0 Å². The summed E-state index contributed by atoms with van der Waals surface area (Å²) in [6, 6.07) is 0.0732. The lowest BCUT2D eigenvalue weighted by Crippen LogP contribution is -2.44. The highest BCUT2D eigenvalue weighted by atomic mass is 32.2. The van der Waals surface area contributed by atoms with Crippen LogP contribution in [0.1, 0.15) is 39.5 Å². The summed E-state index contributed by atoms with van der Waals surface area (Å²) < 4.78 is 22.2. The second kappa shape index (κ2) is 4.83. The van der Waals surface area contributed by atoms with E-state index in [-0.39, 0.29) is 11.8 Å². The second-order valence-electron chi connectivity index (χ2n) is 5.08. The molecule has 0 radical (unpaired) electrons. The van der Waals surface area contributed by atoms with Crippen LogP contribution in [-0.4, -0.2) is 33.0 Å². The van der Waals surface area contributed by atoms with Gasteiger partial charge in [-0.3, -0.25) is 0 Å². The van der Waals surface area contributed by atoms with Crippen LogP contribution in [-0.2, 0) is 9.84 Å². The van der Waals surface area contributed by atoms with Gasteiger partial charge in [0, 0.05) is 18.8 Å². The highest BCUT2D eigenvalue weighted by Crippen LogP contribution is 2.43. The van der Waals surface area contributed by atoms with Gasteiger partial charge in [0.25, 0.3) is 0 Å². The Hall–Kier alpha value is -0.0900. The molecule has 0 aromatic rings. The summed E-state index contributed by atoms with van der Waals surface area (Å²) in [5.74, 6) is 0.243. The SMILES string of the molecule is CCC1(CNC(C)CS(C)(=O)=O)CCC1. The molecule has 0 saturated heterocycles. The average molecular weight is 233 g/mol. The van der Waals surface area contributed by atoms with E-state index in [1.54, 1.807) is 0 Å². The highest BCUT2D eigenvalue weighted by molar-refractivity contribution is 7.90. The number of hydrogen-bond donors (Lipinski definition) is 1. The first-order valence-corrected chi connectivity index (χ1v) is 7.84. The maximum atomic E-state index is 11.1. The normalized spacial score (nSPS) is 22.1. The number of rotatable bonds is 6. The molecule has 90 valence electrons. The molecule has 0 aromatic heterocycles. The van der Waals surface area contributed by atoms with Gasteiger partial charge < -0.3 is 5.32 Å². The van der Waals surface area contributed by atoms with Gasteiger partial charge in [0.2, 0.25) is 0 Å². The Morgan fingerprint density at radius 1 is 1.40 bits per heavy atom. The zero-order valence-electron chi connectivity index (χ0n) is 10.0. The molecule has 4 heteroatoms. The summed E-state index contributed by atoms with van der Waals surface area (Å²) in [4.78, 5) is 0. The van der Waals surface area contributed by atoms with Gasteiger partial charge >= 0.3 is 0 Å². The summed E-state index contributed by atoms with van der Waals surface area (Å²) in [5, 5.41) is 3.35. The summed E-state index contributed by atoms with van der Waals surface area (Å²) in [6.07, 6.45) is 6.41. The van der Waals surface area contributed by atoms with Gasteiger partial charge in [-0.1, -0.05) is 13.3 Å². The number of sulfone groups is 1. The standard InChI is InChI=1S/C11H23NO2S/c1-4-11(6-5-7-11)9-12-10(2)8-15(3,13)14/h10,12H,4-9H2,1-3H3. The molecular weight excluding hydrogens is 210 g/mol. The predicted molar refractivity (Wildman–Crippen MR) is 63.8 cm³/mol. The second-order valence-corrected chi connectivity index (χ2v) is 7.27. The minimum Gasteiger partial charge on any atom is -0.313 e. The predicted octanol–water partition coefficient (Wildman–Crippen LogP) is 1.59. The molecule has 1 saturated carbocycles. The van der Waals surface area contributed by atoms with Crippen molar-refractivity contribution in [1.29, 1.82) is 0 Å². The van der Waals surface area contributed by atoms with Crippen LogP contribution in [0.15, 0.2) is 0 Å². The summed E-state index contributed by atoms with van der Waals surface area (Å²) in [5.41, 5.74) is 0.464. The zero-order valence-corrected chi connectivity index (χ0v) is 10.9. The van der Waals surface area contributed by atoms with E-state index >= 15 is 0 Å². The van der Waals surface area contributed by atoms with E-state index in [1.165, 1.54) is 31.9 Å². The quantitative estimate of drug-likeness (QED) is 0.758. The maximum absolute atomic E-state index is 11.1. The fourth-order valence-electron chi connectivity index (χ4n) is 2.24. The van der Waals surface area contributed by atoms with Crippen LogP contribution in [0.4, 0.5) is 0 Å². The van der Waals surface area contributed by atoms with Crippen LogP contribution in [0.5, 0.6) is 0 Å². The fraction of sp³-hybridized carbons (Fsp3) is 1.00. The van der Waals surface area contributed by atoms with E-state index in [4.69, 9.17) is 0 Å². The molecule has 1 aliphatic rings. The zero-order chi connectivity index (χ0) is 11.5. The lowest BCUT2D eigenvalue weighted by Gasteiger charge is -2.42. The third-order valence-corrected chi connectivity index (χ3v) is 4.65. The molecule has 0 heterocycles. The number of hydrogen-bond acceptors (Lipinski definition) is 3. The van der Waals surface area contributed by atoms with E-state index < -0.39 is 9.84 Å². The van der Waals surface area contributed by atoms with Crippen LogP contribution in [0, 0.1) is 5.41 Å². The first kappa shape index (κ1) is 13.0. The molecule has 0 bridgehead atoms. The topological polar surface area (TPSA) is 46.2 Å². The molecule has 0 spiro atoms. The average Bonchev–Trinajstić information content (AvgIpc) is 1.99. The van der Waals surface area contributed by atoms with Gasteiger partial charge in [-0.25, -0.2) is 8.42 Å². The molecule has 1 rings (SSSR count). The van der Waals surface area contributed by atoms with E-state index in [0.29, 0.717) is 5.41 Å². The number of nitrogens with one attached hydrogen (secondary N) is 1. The minimum atomic E-state index is -2.85. The van der Waals surface area contributed by atoms with Gasteiger partial charge in [-0.2, -0.15) is 0 Å². The summed E-state index contributed by atoms with van der Waals surface area (Å²) in [6.45, 7) is 5.14. The Bertz CT molecular complexity index is 288. The molecule has 1 fully saturated rings. The van der Waals surface area contributed by atoms with Crippen LogP contribution in [0.25, 0.3) is 0 Å². The van der Waals surface area contributed by atoms with Crippen molar-refractivity contribution < 1.29 is 8.42 Å². The molecule has 1 unspecified atom stereocenters. The molecule has 15 heavy (non-hydrogen) atoms. The molecule has 1 N–H and O–H groups in total. The van der Waals surface area contributed by atoms with Crippen LogP contribution < -0.4 is 5.32 Å². The van der Waals surface area contributed by atoms with Gasteiger partial charge in [0.05, 0.1) is 5.75 Å². The van der Waals surface area contributed by atoms with Gasteiger partial charge in [-0.15, -0.1) is 0 Å². The Balaban J connectivity index is 2.30. The van der Waals surface area contributed by atoms with Crippen molar-refractivity contribution in [3.05, 3.63) is 0 Å². The Morgan fingerprint density at radius 2 is 2.00 bits per heavy atom. The smallest absolute Gasteiger partial charge is 0.148 e. The lowest BCUT2D eigenvalue weighted by molar-refractivity contribution is 0.121. The Morgan fingerprint density at radius 3 is 2.33 bits per heavy atom. The molecular formula is C11H23NO2S. The molecule has 1 atom stereocenters. The van der Waals surface area contributed by atoms with Crippen molar-refractivity contribution in [3.8, 4) is 0 Å². The first-order valence-electron chi connectivity index (χ1n) is 5.78. The largest absolute Gasteiger partial charge is 0.313 e. The van der Waals surface area contributed by atoms with Gasteiger partial charge in [0.15, 0.2) is 0 Å². The van der Waals surface area contributed by atoms with E-state index in [0.717, 1.165) is 6.54 Å². The third kappa shape index (κ3) is 4.11. The van der Waals surface area contributed by atoms with E-state index in [9.17, 15) is 8.42 Å². The van der Waals surface area contributed by atoms with Crippen molar-refractivity contribution in [3.63, 3.8) is 0 Å². The molecule has 0 aromatic carbocycles. The Labute approximate surface area is 93.6 Å². The van der Waals surface area contributed by atoms with Crippen molar-refractivity contribution in [2.24, 2.45) is 5.41 Å². The van der Waals surface area contributed by atoms with E-state index in [2.05, 4.69) is 12.2 Å². The maximum Gasteiger partial charge on any atom is 0.148 e. The summed E-state index contributed by atoms with van der Waals surface area (Å²) in [7, 11) is -2.85. The van der Waals surface area contributed by atoms with Gasteiger partial charge in [-0.05, 0) is 31.6 Å². The van der Waals surface area contributed by atoms with Gasteiger partial charge in [0.1, 0.15) is 9.84 Å². The third-order valence-electron chi connectivity index (χ3n) is 3.54. The lowest BCUT2D eigenvalue weighted by atomic mass is 9.67. The minimum absolute atomic E-state index is 0.0732. The highest BCUT2D eigenvalue weighted by Gasteiger charge is 2.34. The van der Waals surface area contributed by atoms with Crippen molar-refractivity contribution in [2.45, 2.75) is 45.6 Å². The van der Waals surface area contributed by atoms with Crippen LogP contribution >= 0.6 is 0 Å². The monoisotopic (exact) mass is 233 g/mol. The molecule has 1 aliphatic carbocycles. The Kier molecular flexibility index (Phi) is 4.18. The van der Waals surface area contributed by atoms with Crippen molar-refractivity contribution >= 4 is 9.84 Å². The van der Waals surface area contributed by atoms with Crippen molar-refractivity contribution in [2.75, 3.05) is 18.6 Å². The van der Waals surface area contributed by atoms with Crippen molar-refractivity contribution in [1.82, 2.24) is 5.32 Å². The first-order chi connectivity index (χ1) is 6.87. The fourth-order valence-corrected chi connectivity index (χ4v) is 3.26.